The average Bonchev–Trinajstić information content (AvgIpc) is 2.27. The molecule has 0 aliphatic carbocycles. The topological polar surface area (TPSA) is 103 Å². The molecule has 0 spiro atoms. The number of halogens is 1. The Morgan fingerprint density at radius 2 is 2.28 bits per heavy atom. The van der Waals surface area contributed by atoms with Crippen LogP contribution in [0.3, 0.4) is 0 Å². The minimum Gasteiger partial charge on any atom is -0.482 e. The van der Waals surface area contributed by atoms with Crippen LogP contribution in [0.1, 0.15) is 5.56 Å². The number of rotatable bonds is 5. The second-order valence-electron chi connectivity index (χ2n) is 3.18. The van der Waals surface area contributed by atoms with E-state index in [1.165, 1.54) is 6.21 Å². The number of amides is 1. The first-order valence-electron chi connectivity index (χ1n) is 4.78. The van der Waals surface area contributed by atoms with E-state index in [0.717, 1.165) is 5.56 Å². The SMILES string of the molecule is NC(=O)COc1ccc(C=NNC(N)=S)cc1Cl. The van der Waals surface area contributed by atoms with Gasteiger partial charge in [-0.15, -0.1) is 0 Å². The van der Waals surface area contributed by atoms with Crippen molar-refractivity contribution in [2.24, 2.45) is 16.6 Å². The molecule has 0 aliphatic heterocycles. The van der Waals surface area contributed by atoms with Gasteiger partial charge in [-0.25, -0.2) is 0 Å². The molecule has 0 unspecified atom stereocenters. The van der Waals surface area contributed by atoms with Crippen LogP contribution in [0.15, 0.2) is 23.3 Å². The molecule has 0 atom stereocenters. The fourth-order valence-corrected chi connectivity index (χ4v) is 1.33. The number of carbonyl (C=O) groups excluding carboxylic acids is 1. The van der Waals surface area contributed by atoms with E-state index in [-0.39, 0.29) is 11.7 Å². The van der Waals surface area contributed by atoms with Crippen molar-refractivity contribution in [1.82, 2.24) is 5.43 Å². The summed E-state index contributed by atoms with van der Waals surface area (Å²) < 4.78 is 5.09. The Labute approximate surface area is 114 Å². The normalized spacial score (nSPS) is 10.3. The van der Waals surface area contributed by atoms with Gasteiger partial charge in [-0.05, 0) is 36.0 Å². The minimum atomic E-state index is -0.572. The van der Waals surface area contributed by atoms with E-state index in [0.29, 0.717) is 10.8 Å². The third-order valence-electron chi connectivity index (χ3n) is 1.71. The second-order valence-corrected chi connectivity index (χ2v) is 4.03. The Balaban J connectivity index is 2.69. The van der Waals surface area contributed by atoms with E-state index >= 15 is 0 Å². The van der Waals surface area contributed by atoms with Crippen LogP contribution in [0.4, 0.5) is 0 Å². The number of hydrazone groups is 1. The molecule has 6 nitrogen and oxygen atoms in total. The Kier molecular flexibility index (Phi) is 5.34. The van der Waals surface area contributed by atoms with Crippen LogP contribution in [0.5, 0.6) is 5.75 Å². The second kappa shape index (κ2) is 6.77. The van der Waals surface area contributed by atoms with Crippen LogP contribution >= 0.6 is 23.8 Å². The molecule has 0 fully saturated rings. The summed E-state index contributed by atoms with van der Waals surface area (Å²) in [5.41, 5.74) is 13.3. The summed E-state index contributed by atoms with van der Waals surface area (Å²) in [7, 11) is 0. The Bertz CT molecular complexity index is 493. The molecule has 1 rings (SSSR count). The first-order valence-corrected chi connectivity index (χ1v) is 5.57. The highest BCUT2D eigenvalue weighted by molar-refractivity contribution is 7.80. The summed E-state index contributed by atoms with van der Waals surface area (Å²) in [6, 6.07) is 4.92. The summed E-state index contributed by atoms with van der Waals surface area (Å²) in [6.45, 7) is -0.226. The van der Waals surface area contributed by atoms with Crippen molar-refractivity contribution in [3.05, 3.63) is 28.8 Å². The highest BCUT2D eigenvalue weighted by Crippen LogP contribution is 2.24. The fraction of sp³-hybridized carbons (Fsp3) is 0.100. The maximum Gasteiger partial charge on any atom is 0.255 e. The molecule has 1 amide bonds. The first kappa shape index (κ1) is 14.2. The van der Waals surface area contributed by atoms with Gasteiger partial charge in [-0.3, -0.25) is 10.2 Å². The lowest BCUT2D eigenvalue weighted by Crippen LogP contribution is -2.23. The standard InChI is InChI=1S/C10H11ClN4O2S/c11-7-3-6(4-14-15-10(13)18)1-2-8(7)17-5-9(12)16/h1-4H,5H2,(H2,12,16)(H3,13,15,18). The van der Waals surface area contributed by atoms with Crippen LogP contribution in [0.2, 0.25) is 5.02 Å². The molecule has 0 heterocycles. The van der Waals surface area contributed by atoms with Crippen molar-refractivity contribution >= 4 is 41.1 Å². The summed E-state index contributed by atoms with van der Waals surface area (Å²) in [4.78, 5) is 10.6. The summed E-state index contributed by atoms with van der Waals surface area (Å²) >= 11 is 10.5. The number of ether oxygens (including phenoxy) is 1. The van der Waals surface area contributed by atoms with E-state index < -0.39 is 5.91 Å². The van der Waals surface area contributed by atoms with Crippen molar-refractivity contribution in [1.29, 1.82) is 0 Å². The number of nitrogens with two attached hydrogens (primary N) is 2. The van der Waals surface area contributed by atoms with Crippen LogP contribution in [0, 0.1) is 0 Å². The minimum absolute atomic E-state index is 0.0683. The lowest BCUT2D eigenvalue weighted by Gasteiger charge is -2.06. The zero-order valence-electron chi connectivity index (χ0n) is 9.22. The molecule has 0 aliphatic rings. The van der Waals surface area contributed by atoms with Crippen LogP contribution in [0.25, 0.3) is 0 Å². The Morgan fingerprint density at radius 3 is 2.83 bits per heavy atom. The zero-order chi connectivity index (χ0) is 13.5. The third-order valence-corrected chi connectivity index (χ3v) is 2.10. The molecule has 1 aromatic carbocycles. The predicted octanol–water partition coefficient (Wildman–Crippen LogP) is 0.371. The van der Waals surface area contributed by atoms with Gasteiger partial charge in [0, 0.05) is 0 Å². The van der Waals surface area contributed by atoms with Crippen molar-refractivity contribution < 1.29 is 9.53 Å². The lowest BCUT2D eigenvalue weighted by atomic mass is 10.2. The Morgan fingerprint density at radius 1 is 1.56 bits per heavy atom. The predicted molar refractivity (Wildman–Crippen MR) is 73.7 cm³/mol. The number of hydrogen-bond donors (Lipinski definition) is 3. The van der Waals surface area contributed by atoms with Crippen molar-refractivity contribution in [3.63, 3.8) is 0 Å². The molecule has 0 radical (unpaired) electrons. The van der Waals surface area contributed by atoms with Crippen molar-refractivity contribution in [3.8, 4) is 5.75 Å². The van der Waals surface area contributed by atoms with Crippen molar-refractivity contribution in [2.45, 2.75) is 0 Å². The zero-order valence-corrected chi connectivity index (χ0v) is 10.8. The lowest BCUT2D eigenvalue weighted by molar-refractivity contribution is -0.119. The van der Waals surface area contributed by atoms with Gasteiger partial charge in [0.05, 0.1) is 11.2 Å². The molecule has 8 heteroatoms. The van der Waals surface area contributed by atoms with Crippen molar-refractivity contribution in [2.75, 3.05) is 6.61 Å². The maximum absolute atomic E-state index is 10.6. The third kappa shape index (κ3) is 4.98. The van der Waals surface area contributed by atoms with E-state index in [1.807, 2.05) is 0 Å². The van der Waals surface area contributed by atoms with Gasteiger partial charge >= 0.3 is 0 Å². The van der Waals surface area contributed by atoms with E-state index in [4.69, 9.17) is 27.8 Å². The summed E-state index contributed by atoms with van der Waals surface area (Å²) in [6.07, 6.45) is 1.49. The number of benzene rings is 1. The number of hydrogen-bond acceptors (Lipinski definition) is 4. The van der Waals surface area contributed by atoms with E-state index in [1.54, 1.807) is 18.2 Å². The molecular weight excluding hydrogens is 276 g/mol. The number of primary amides is 1. The molecule has 0 saturated heterocycles. The Hall–Kier alpha value is -1.86. The number of thiocarbonyl (C=S) groups is 1. The van der Waals surface area contributed by atoms with Crippen LogP contribution in [-0.4, -0.2) is 23.8 Å². The van der Waals surface area contributed by atoms with Gasteiger partial charge in [-0.2, -0.15) is 5.10 Å². The molecule has 0 bridgehead atoms. The van der Waals surface area contributed by atoms with Gasteiger partial charge < -0.3 is 16.2 Å². The smallest absolute Gasteiger partial charge is 0.255 e. The average molecular weight is 287 g/mol. The van der Waals surface area contributed by atoms with Gasteiger partial charge in [0.1, 0.15) is 5.75 Å². The fourth-order valence-electron chi connectivity index (χ4n) is 1.03. The molecule has 5 N–H and O–H groups in total. The number of nitrogens with zero attached hydrogens (tertiary/aromatic N) is 1. The largest absolute Gasteiger partial charge is 0.482 e. The molecule has 18 heavy (non-hydrogen) atoms. The number of carbonyl (C=O) groups is 1. The van der Waals surface area contributed by atoms with Crippen LogP contribution < -0.4 is 21.6 Å². The van der Waals surface area contributed by atoms with Crippen LogP contribution in [-0.2, 0) is 4.79 Å². The molecule has 0 saturated carbocycles. The maximum atomic E-state index is 10.6. The quantitative estimate of drug-likeness (QED) is 0.412. The highest BCUT2D eigenvalue weighted by atomic mass is 35.5. The van der Waals surface area contributed by atoms with Gasteiger partial charge in [0.25, 0.3) is 5.91 Å². The van der Waals surface area contributed by atoms with Gasteiger partial charge in [0.2, 0.25) is 0 Å². The summed E-state index contributed by atoms with van der Waals surface area (Å²) in [5, 5.41) is 4.18. The summed E-state index contributed by atoms with van der Waals surface area (Å²) in [5.74, 6) is -0.202. The highest BCUT2D eigenvalue weighted by Gasteiger charge is 2.03. The van der Waals surface area contributed by atoms with Gasteiger partial charge in [-0.1, -0.05) is 11.6 Å². The molecular formula is C10H11ClN4O2S. The molecule has 1 aromatic rings. The number of nitrogens with one attached hydrogen (secondary N) is 1. The van der Waals surface area contributed by atoms with E-state index in [2.05, 4.69) is 22.7 Å². The van der Waals surface area contributed by atoms with Gasteiger partial charge in [0.15, 0.2) is 11.7 Å². The van der Waals surface area contributed by atoms with E-state index in [9.17, 15) is 4.79 Å². The molecule has 0 aromatic heterocycles. The molecule has 96 valence electrons. The monoisotopic (exact) mass is 286 g/mol. The first-order chi connectivity index (χ1) is 8.49.